The number of anilines is 1. The molecule has 0 spiro atoms. The zero-order valence-electron chi connectivity index (χ0n) is 19.9. The lowest BCUT2D eigenvalue weighted by atomic mass is 10.1. The molecule has 0 radical (unpaired) electrons. The first kappa shape index (κ1) is 24.5. The van der Waals surface area contributed by atoms with Gasteiger partial charge in [0.2, 0.25) is 11.8 Å². The summed E-state index contributed by atoms with van der Waals surface area (Å²) in [6, 6.07) is 15.4. The van der Waals surface area contributed by atoms with Crippen LogP contribution in [0.1, 0.15) is 17.5 Å². The Kier molecular flexibility index (Phi) is 7.33. The number of fused-ring (bicyclic) bond motifs is 1. The van der Waals surface area contributed by atoms with Crippen molar-refractivity contribution >= 4 is 40.6 Å². The Morgan fingerprint density at radius 3 is 2.56 bits per heavy atom. The number of nitrogens with one attached hydrogen (secondary N) is 2. The maximum atomic E-state index is 12.7. The van der Waals surface area contributed by atoms with Gasteiger partial charge < -0.3 is 31.9 Å². The standard InChI is InChI=1S/C26H29N7O3/c1-17-21-7-2-3-8-22(21)31-25(30-17)26(36)29-16-18-5-4-6-20(13-18)32-9-11-33(12-10-32)24(35)15-19(27)14-23(28)34/h2-8,13-14H,1,9-12,15-16,27H2,(H2,28,34)(H,29,36)(H,30,31)/b19-14-. The molecule has 186 valence electrons. The molecule has 36 heavy (non-hydrogen) atoms. The number of amidine groups is 1. The molecule has 0 saturated carbocycles. The van der Waals surface area contributed by atoms with Gasteiger partial charge in [-0.3, -0.25) is 14.4 Å². The highest BCUT2D eigenvalue weighted by Crippen LogP contribution is 2.27. The van der Waals surface area contributed by atoms with Crippen LogP contribution in [0.4, 0.5) is 11.4 Å². The number of primary amides is 1. The molecular formula is C26H29N7O3. The van der Waals surface area contributed by atoms with E-state index in [0.717, 1.165) is 22.9 Å². The third-order valence-electron chi connectivity index (χ3n) is 5.99. The molecule has 2 aliphatic rings. The van der Waals surface area contributed by atoms with E-state index < -0.39 is 5.91 Å². The molecule has 2 aromatic rings. The summed E-state index contributed by atoms with van der Waals surface area (Å²) >= 11 is 0. The minimum Gasteiger partial charge on any atom is -0.401 e. The zero-order valence-corrected chi connectivity index (χ0v) is 19.9. The van der Waals surface area contributed by atoms with E-state index >= 15 is 0 Å². The molecule has 10 nitrogen and oxygen atoms in total. The van der Waals surface area contributed by atoms with E-state index in [0.29, 0.717) is 44.1 Å². The minimum absolute atomic E-state index is 0.0306. The monoisotopic (exact) mass is 487 g/mol. The first-order valence-corrected chi connectivity index (χ1v) is 11.6. The van der Waals surface area contributed by atoms with Crippen LogP contribution in [0.3, 0.4) is 0 Å². The van der Waals surface area contributed by atoms with Crippen LogP contribution in [0.2, 0.25) is 0 Å². The number of nitrogens with two attached hydrogens (primary N) is 2. The summed E-state index contributed by atoms with van der Waals surface area (Å²) in [5.41, 5.74) is 15.1. The predicted molar refractivity (Wildman–Crippen MR) is 139 cm³/mol. The Hall–Kier alpha value is -4.60. The van der Waals surface area contributed by atoms with E-state index in [2.05, 4.69) is 27.1 Å². The molecule has 2 heterocycles. The number of piperazine rings is 1. The molecule has 10 heteroatoms. The average molecular weight is 488 g/mol. The van der Waals surface area contributed by atoms with Crippen LogP contribution >= 0.6 is 0 Å². The Morgan fingerprint density at radius 2 is 1.81 bits per heavy atom. The van der Waals surface area contributed by atoms with Gasteiger partial charge in [-0.15, -0.1) is 0 Å². The van der Waals surface area contributed by atoms with E-state index in [4.69, 9.17) is 11.5 Å². The summed E-state index contributed by atoms with van der Waals surface area (Å²) in [7, 11) is 0. The normalized spacial score (nSPS) is 15.5. The molecule has 3 amide bonds. The summed E-state index contributed by atoms with van der Waals surface area (Å²) in [5.74, 6) is -0.902. The minimum atomic E-state index is -0.667. The van der Waals surface area contributed by atoms with Gasteiger partial charge in [-0.2, -0.15) is 0 Å². The summed E-state index contributed by atoms with van der Waals surface area (Å²) < 4.78 is 0. The molecule has 1 saturated heterocycles. The van der Waals surface area contributed by atoms with Crippen LogP contribution in [0.15, 0.2) is 71.9 Å². The number of para-hydroxylation sites is 1. The van der Waals surface area contributed by atoms with E-state index in [1.54, 1.807) is 4.90 Å². The van der Waals surface area contributed by atoms with E-state index in [-0.39, 0.29) is 29.8 Å². The van der Waals surface area contributed by atoms with Gasteiger partial charge in [0.15, 0.2) is 5.84 Å². The SMILES string of the molecule is C=C1NC(C(=O)NCc2cccc(N3CCN(C(=O)C/C(N)=C/C(N)=O)CC3)c2)=Nc2ccccc21. The average Bonchev–Trinajstić information content (AvgIpc) is 2.87. The molecule has 2 aliphatic heterocycles. The summed E-state index contributed by atoms with van der Waals surface area (Å²) in [6.07, 6.45) is 1.04. The molecule has 2 aromatic carbocycles. The smallest absolute Gasteiger partial charge is 0.287 e. The first-order chi connectivity index (χ1) is 17.3. The van der Waals surface area contributed by atoms with Gasteiger partial charge >= 0.3 is 0 Å². The highest BCUT2D eigenvalue weighted by Gasteiger charge is 2.22. The van der Waals surface area contributed by atoms with E-state index in [1.807, 2.05) is 48.5 Å². The Bertz CT molecular complexity index is 1260. The van der Waals surface area contributed by atoms with Crippen molar-refractivity contribution < 1.29 is 14.4 Å². The van der Waals surface area contributed by atoms with Crippen LogP contribution in [-0.4, -0.2) is 54.6 Å². The van der Waals surface area contributed by atoms with Crippen molar-refractivity contribution in [1.82, 2.24) is 15.5 Å². The number of hydrogen-bond acceptors (Lipinski definition) is 7. The highest BCUT2D eigenvalue weighted by molar-refractivity contribution is 6.40. The van der Waals surface area contributed by atoms with Crippen molar-refractivity contribution in [1.29, 1.82) is 0 Å². The third-order valence-corrected chi connectivity index (χ3v) is 5.99. The fraction of sp³-hybridized carbons (Fsp3) is 0.231. The molecule has 0 bridgehead atoms. The molecule has 0 aromatic heterocycles. The van der Waals surface area contributed by atoms with Gasteiger partial charge in [0, 0.05) is 61.4 Å². The maximum Gasteiger partial charge on any atom is 0.287 e. The molecule has 6 N–H and O–H groups in total. The van der Waals surface area contributed by atoms with Crippen LogP contribution in [-0.2, 0) is 20.9 Å². The van der Waals surface area contributed by atoms with E-state index in [9.17, 15) is 14.4 Å². The second kappa shape index (κ2) is 10.8. The number of hydrogen-bond donors (Lipinski definition) is 4. The van der Waals surface area contributed by atoms with Crippen molar-refractivity contribution in [3.05, 3.63) is 78.0 Å². The fourth-order valence-corrected chi connectivity index (χ4v) is 4.16. The third kappa shape index (κ3) is 5.90. The highest BCUT2D eigenvalue weighted by atomic mass is 16.2. The largest absolute Gasteiger partial charge is 0.401 e. The molecule has 1 fully saturated rings. The van der Waals surface area contributed by atoms with Crippen molar-refractivity contribution in [2.75, 3.05) is 31.1 Å². The number of amides is 3. The Balaban J connectivity index is 1.31. The van der Waals surface area contributed by atoms with Gasteiger partial charge in [-0.25, -0.2) is 4.99 Å². The lowest BCUT2D eigenvalue weighted by molar-refractivity contribution is -0.130. The number of nitrogens with zero attached hydrogens (tertiary/aromatic N) is 3. The number of carbonyl (C=O) groups excluding carboxylic acids is 3. The van der Waals surface area contributed by atoms with Gasteiger partial charge in [0.1, 0.15) is 0 Å². The molecule has 0 aliphatic carbocycles. The summed E-state index contributed by atoms with van der Waals surface area (Å²) in [6.45, 7) is 6.72. The Morgan fingerprint density at radius 1 is 1.06 bits per heavy atom. The number of aliphatic imine (C=N–C) groups is 1. The number of carbonyl (C=O) groups is 3. The van der Waals surface area contributed by atoms with Crippen molar-refractivity contribution in [2.24, 2.45) is 16.5 Å². The lowest BCUT2D eigenvalue weighted by Gasteiger charge is -2.36. The maximum absolute atomic E-state index is 12.7. The number of benzene rings is 2. The van der Waals surface area contributed by atoms with Crippen LogP contribution in [0, 0.1) is 0 Å². The predicted octanol–water partition coefficient (Wildman–Crippen LogP) is 0.974. The second-order valence-corrected chi connectivity index (χ2v) is 8.60. The topological polar surface area (TPSA) is 146 Å². The first-order valence-electron chi connectivity index (χ1n) is 11.6. The van der Waals surface area contributed by atoms with Gasteiger partial charge in [0.05, 0.1) is 12.1 Å². The van der Waals surface area contributed by atoms with Gasteiger partial charge in [0.25, 0.3) is 5.91 Å². The van der Waals surface area contributed by atoms with Gasteiger partial charge in [-0.1, -0.05) is 36.9 Å². The summed E-state index contributed by atoms with van der Waals surface area (Å²) in [4.78, 5) is 44.4. The lowest BCUT2D eigenvalue weighted by Crippen LogP contribution is -2.49. The van der Waals surface area contributed by atoms with Crippen molar-refractivity contribution in [3.63, 3.8) is 0 Å². The Labute approximate surface area is 209 Å². The second-order valence-electron chi connectivity index (χ2n) is 8.60. The molecule has 0 unspecified atom stereocenters. The number of rotatable bonds is 7. The molecular weight excluding hydrogens is 458 g/mol. The van der Waals surface area contributed by atoms with Crippen molar-refractivity contribution in [2.45, 2.75) is 13.0 Å². The van der Waals surface area contributed by atoms with Crippen LogP contribution in [0.25, 0.3) is 5.70 Å². The quantitative estimate of drug-likeness (QED) is 0.428. The molecule has 4 rings (SSSR count). The van der Waals surface area contributed by atoms with Crippen LogP contribution < -0.4 is 27.0 Å². The molecule has 0 atom stereocenters. The van der Waals surface area contributed by atoms with Crippen molar-refractivity contribution in [3.8, 4) is 0 Å². The van der Waals surface area contributed by atoms with Crippen LogP contribution in [0.5, 0.6) is 0 Å². The fourth-order valence-electron chi connectivity index (χ4n) is 4.16. The summed E-state index contributed by atoms with van der Waals surface area (Å²) in [5, 5.41) is 5.88. The van der Waals surface area contributed by atoms with Gasteiger partial charge in [-0.05, 0) is 23.8 Å². The zero-order chi connectivity index (χ0) is 25.7. The van der Waals surface area contributed by atoms with E-state index in [1.165, 1.54) is 0 Å².